The zero-order valence-corrected chi connectivity index (χ0v) is 9.90. The van der Waals surface area contributed by atoms with Gasteiger partial charge in [-0.05, 0) is 12.3 Å². The van der Waals surface area contributed by atoms with E-state index in [-0.39, 0.29) is 18.4 Å². The Morgan fingerprint density at radius 1 is 1.50 bits per heavy atom. The predicted molar refractivity (Wildman–Crippen MR) is 59.5 cm³/mol. The number of hydrogen-bond acceptors (Lipinski definition) is 4. The van der Waals surface area contributed by atoms with Crippen molar-refractivity contribution in [2.75, 3.05) is 26.4 Å². The number of carbonyl (C=O) groups excluding carboxylic acids is 1. The van der Waals surface area contributed by atoms with E-state index in [2.05, 4.69) is 5.32 Å². The van der Waals surface area contributed by atoms with Gasteiger partial charge in [0, 0.05) is 13.2 Å². The maximum Gasteiger partial charge on any atom is 0.237 e. The van der Waals surface area contributed by atoms with Crippen LogP contribution in [0.4, 0.5) is 0 Å². The summed E-state index contributed by atoms with van der Waals surface area (Å²) in [5, 5.41) is 19.9. The minimum absolute atomic E-state index is 0.0101. The first-order valence-electron chi connectivity index (χ1n) is 5.49. The molecule has 1 unspecified atom stereocenters. The van der Waals surface area contributed by atoms with Crippen molar-refractivity contribution in [3.05, 3.63) is 0 Å². The predicted octanol–water partition coefficient (Wildman–Crippen LogP) is 0.297. The van der Waals surface area contributed by atoms with Crippen molar-refractivity contribution in [1.29, 1.82) is 5.26 Å². The first kappa shape index (κ1) is 14.9. The molecule has 0 saturated heterocycles. The van der Waals surface area contributed by atoms with Gasteiger partial charge in [0.05, 0.1) is 19.3 Å². The molecule has 0 saturated carbocycles. The number of hydrogen-bond donors (Lipinski definition) is 2. The lowest BCUT2D eigenvalue weighted by Crippen LogP contribution is -2.33. The van der Waals surface area contributed by atoms with E-state index in [1.807, 2.05) is 19.9 Å². The Balaban J connectivity index is 3.61. The summed E-state index contributed by atoms with van der Waals surface area (Å²) in [5.41, 5.74) is 0. The van der Waals surface area contributed by atoms with Crippen LogP contribution in [0.3, 0.4) is 0 Å². The first-order valence-corrected chi connectivity index (χ1v) is 5.49. The molecule has 0 aromatic carbocycles. The minimum Gasteiger partial charge on any atom is -0.394 e. The third kappa shape index (κ3) is 6.38. The van der Waals surface area contributed by atoms with Gasteiger partial charge in [-0.25, -0.2) is 0 Å². The molecule has 0 heterocycles. The van der Waals surface area contributed by atoms with E-state index in [1.165, 1.54) is 0 Å². The second-order valence-electron chi connectivity index (χ2n) is 3.83. The quantitative estimate of drug-likeness (QED) is 0.585. The van der Waals surface area contributed by atoms with E-state index >= 15 is 0 Å². The number of rotatable bonds is 8. The molecule has 0 rings (SSSR count). The van der Waals surface area contributed by atoms with E-state index in [1.54, 1.807) is 0 Å². The highest BCUT2D eigenvalue weighted by Crippen LogP contribution is 2.08. The summed E-state index contributed by atoms with van der Waals surface area (Å²) >= 11 is 0. The second kappa shape index (κ2) is 9.13. The average Bonchev–Trinajstić information content (AvgIpc) is 2.23. The zero-order valence-electron chi connectivity index (χ0n) is 9.90. The first-order chi connectivity index (χ1) is 7.63. The average molecular weight is 228 g/mol. The van der Waals surface area contributed by atoms with Crippen LogP contribution in [0.2, 0.25) is 0 Å². The van der Waals surface area contributed by atoms with Crippen molar-refractivity contribution in [3.63, 3.8) is 0 Å². The molecular formula is C11H20N2O3. The molecule has 5 nitrogen and oxygen atoms in total. The molecule has 1 atom stereocenters. The van der Waals surface area contributed by atoms with E-state index in [0.717, 1.165) is 0 Å². The molecule has 0 fully saturated rings. The maximum absolute atomic E-state index is 11.5. The van der Waals surface area contributed by atoms with E-state index in [0.29, 0.717) is 26.2 Å². The lowest BCUT2D eigenvalue weighted by molar-refractivity contribution is -0.124. The highest BCUT2D eigenvalue weighted by molar-refractivity contribution is 5.81. The Morgan fingerprint density at radius 3 is 2.69 bits per heavy atom. The Hall–Kier alpha value is -1.12. The summed E-state index contributed by atoms with van der Waals surface area (Å²) in [4.78, 5) is 11.5. The normalized spacial score (nSPS) is 12.2. The summed E-state index contributed by atoms with van der Waals surface area (Å²) in [7, 11) is 0. The fourth-order valence-corrected chi connectivity index (χ4v) is 1.17. The molecule has 16 heavy (non-hydrogen) atoms. The summed E-state index contributed by atoms with van der Waals surface area (Å²) in [6.45, 7) is 5.02. The monoisotopic (exact) mass is 228 g/mol. The number of nitrogens with zero attached hydrogens (tertiary/aromatic N) is 1. The smallest absolute Gasteiger partial charge is 0.237 e. The maximum atomic E-state index is 11.5. The van der Waals surface area contributed by atoms with Crippen molar-refractivity contribution >= 4 is 5.91 Å². The van der Waals surface area contributed by atoms with Crippen LogP contribution in [-0.4, -0.2) is 37.4 Å². The Morgan fingerprint density at radius 2 is 2.19 bits per heavy atom. The van der Waals surface area contributed by atoms with Crippen LogP contribution in [-0.2, 0) is 9.53 Å². The van der Waals surface area contributed by atoms with Gasteiger partial charge in [0.1, 0.15) is 5.92 Å². The van der Waals surface area contributed by atoms with Crippen molar-refractivity contribution in [3.8, 4) is 6.07 Å². The fraction of sp³-hybridized carbons (Fsp3) is 0.818. The van der Waals surface area contributed by atoms with Gasteiger partial charge in [-0.15, -0.1) is 0 Å². The second-order valence-corrected chi connectivity index (χ2v) is 3.83. The number of ether oxygens (including phenoxy) is 1. The third-order valence-corrected chi connectivity index (χ3v) is 2.09. The lowest BCUT2D eigenvalue weighted by Gasteiger charge is -2.12. The van der Waals surface area contributed by atoms with Crippen LogP contribution < -0.4 is 5.32 Å². The molecule has 1 amide bonds. The Labute approximate surface area is 96.4 Å². The lowest BCUT2D eigenvalue weighted by atomic mass is 9.97. The SMILES string of the molecule is CC(C)C(C#N)C(=O)NCCCOCCO. The molecule has 0 aliphatic carbocycles. The van der Waals surface area contributed by atoms with Crippen molar-refractivity contribution in [2.45, 2.75) is 20.3 Å². The number of amides is 1. The number of nitriles is 1. The standard InChI is InChI=1S/C11H20N2O3/c1-9(2)10(8-12)11(15)13-4-3-6-16-7-5-14/h9-10,14H,3-7H2,1-2H3,(H,13,15). The van der Waals surface area contributed by atoms with Crippen molar-refractivity contribution in [1.82, 2.24) is 5.32 Å². The van der Waals surface area contributed by atoms with Gasteiger partial charge in [-0.1, -0.05) is 13.8 Å². The molecule has 92 valence electrons. The molecule has 0 radical (unpaired) electrons. The molecular weight excluding hydrogens is 208 g/mol. The van der Waals surface area contributed by atoms with Crippen LogP contribution in [0.5, 0.6) is 0 Å². The van der Waals surface area contributed by atoms with Gasteiger partial charge in [-0.3, -0.25) is 4.79 Å². The van der Waals surface area contributed by atoms with Crippen LogP contribution in [0.1, 0.15) is 20.3 Å². The van der Waals surface area contributed by atoms with Gasteiger partial charge in [-0.2, -0.15) is 5.26 Å². The van der Waals surface area contributed by atoms with E-state index < -0.39 is 5.92 Å². The van der Waals surface area contributed by atoms with Crippen molar-refractivity contribution < 1.29 is 14.6 Å². The van der Waals surface area contributed by atoms with Crippen molar-refractivity contribution in [2.24, 2.45) is 11.8 Å². The molecule has 5 heteroatoms. The molecule has 0 bridgehead atoms. The van der Waals surface area contributed by atoms with Crippen LogP contribution in [0, 0.1) is 23.2 Å². The van der Waals surface area contributed by atoms with E-state index in [9.17, 15) is 4.79 Å². The van der Waals surface area contributed by atoms with Gasteiger partial charge in [0.25, 0.3) is 0 Å². The number of nitrogens with one attached hydrogen (secondary N) is 1. The van der Waals surface area contributed by atoms with Gasteiger partial charge in [0.2, 0.25) is 5.91 Å². The van der Waals surface area contributed by atoms with Gasteiger partial charge in [0.15, 0.2) is 0 Å². The Bertz CT molecular complexity index is 236. The number of aliphatic hydroxyl groups excluding tert-OH is 1. The summed E-state index contributed by atoms with van der Waals surface area (Å²) in [6, 6.07) is 1.99. The van der Waals surface area contributed by atoms with Crippen LogP contribution >= 0.6 is 0 Å². The molecule has 0 aromatic heterocycles. The largest absolute Gasteiger partial charge is 0.394 e. The van der Waals surface area contributed by atoms with Gasteiger partial charge >= 0.3 is 0 Å². The summed E-state index contributed by atoms with van der Waals surface area (Å²) < 4.78 is 5.03. The van der Waals surface area contributed by atoms with Gasteiger partial charge < -0.3 is 15.2 Å². The summed E-state index contributed by atoms with van der Waals surface area (Å²) in [6.07, 6.45) is 0.683. The molecule has 0 aliphatic rings. The molecule has 0 aliphatic heterocycles. The number of carbonyl (C=O) groups is 1. The highest BCUT2D eigenvalue weighted by atomic mass is 16.5. The zero-order chi connectivity index (χ0) is 12.4. The van der Waals surface area contributed by atoms with Crippen LogP contribution in [0.25, 0.3) is 0 Å². The molecule has 2 N–H and O–H groups in total. The van der Waals surface area contributed by atoms with E-state index in [4.69, 9.17) is 15.1 Å². The minimum atomic E-state index is -0.585. The topological polar surface area (TPSA) is 82.4 Å². The summed E-state index contributed by atoms with van der Waals surface area (Å²) in [5.74, 6) is -0.784. The number of aliphatic hydroxyl groups is 1. The fourth-order valence-electron chi connectivity index (χ4n) is 1.17. The Kier molecular flexibility index (Phi) is 8.49. The molecule has 0 aromatic rings. The molecule has 0 spiro atoms. The van der Waals surface area contributed by atoms with Crippen LogP contribution in [0.15, 0.2) is 0 Å². The highest BCUT2D eigenvalue weighted by Gasteiger charge is 2.20. The third-order valence-electron chi connectivity index (χ3n) is 2.09.